The van der Waals surface area contributed by atoms with Crippen LogP contribution < -0.4 is 20.1 Å². The molecule has 5 nitrogen and oxygen atoms in total. The molecular formula is C14H10Cl2N2O3. The number of hydrogen-bond acceptors (Lipinski definition) is 3. The van der Waals surface area contributed by atoms with E-state index in [1.54, 1.807) is 36.4 Å². The predicted molar refractivity (Wildman–Crippen MR) is 81.7 cm³/mol. The summed E-state index contributed by atoms with van der Waals surface area (Å²) in [6.45, 7) is 0.184. The maximum Gasteiger partial charge on any atom is 0.323 e. The number of carbonyl (C=O) groups is 1. The molecule has 2 aromatic rings. The average molecular weight is 325 g/mol. The number of urea groups is 1. The largest absolute Gasteiger partial charge is 0.454 e. The standard InChI is InChI=1S/C14H10Cl2N2O3/c15-8-1-3-10(16)11(5-8)18-14(19)17-9-2-4-12-13(6-9)21-7-20-12/h1-6H,7H2,(H2,17,18,19). The van der Waals surface area contributed by atoms with Gasteiger partial charge in [-0.25, -0.2) is 4.79 Å². The Morgan fingerprint density at radius 1 is 1.00 bits per heavy atom. The summed E-state index contributed by atoms with van der Waals surface area (Å²) in [6.07, 6.45) is 0. The van der Waals surface area contributed by atoms with Crippen molar-refractivity contribution < 1.29 is 14.3 Å². The molecule has 108 valence electrons. The lowest BCUT2D eigenvalue weighted by Gasteiger charge is -2.09. The highest BCUT2D eigenvalue weighted by Gasteiger charge is 2.14. The van der Waals surface area contributed by atoms with Gasteiger partial charge in [-0.15, -0.1) is 0 Å². The number of amides is 2. The summed E-state index contributed by atoms with van der Waals surface area (Å²) in [5, 5.41) is 6.20. The van der Waals surface area contributed by atoms with Gasteiger partial charge in [0.1, 0.15) is 0 Å². The first kappa shape index (κ1) is 13.9. The summed E-state index contributed by atoms with van der Waals surface area (Å²) in [5.74, 6) is 1.24. The number of ether oxygens (including phenoxy) is 2. The molecule has 2 amide bonds. The van der Waals surface area contributed by atoms with E-state index in [-0.39, 0.29) is 6.79 Å². The van der Waals surface area contributed by atoms with Gasteiger partial charge in [-0.2, -0.15) is 0 Å². The zero-order chi connectivity index (χ0) is 14.8. The van der Waals surface area contributed by atoms with Crippen molar-refractivity contribution in [2.45, 2.75) is 0 Å². The van der Waals surface area contributed by atoms with E-state index < -0.39 is 6.03 Å². The van der Waals surface area contributed by atoms with Crippen molar-refractivity contribution in [3.05, 3.63) is 46.4 Å². The summed E-state index contributed by atoms with van der Waals surface area (Å²) < 4.78 is 10.4. The van der Waals surface area contributed by atoms with Gasteiger partial charge in [-0.3, -0.25) is 0 Å². The Balaban J connectivity index is 1.70. The molecule has 1 heterocycles. The minimum absolute atomic E-state index is 0.184. The Morgan fingerprint density at radius 2 is 1.81 bits per heavy atom. The molecule has 0 aromatic heterocycles. The van der Waals surface area contributed by atoms with Crippen molar-refractivity contribution in [3.63, 3.8) is 0 Å². The number of halogens is 2. The van der Waals surface area contributed by atoms with Crippen molar-refractivity contribution in [2.75, 3.05) is 17.4 Å². The number of hydrogen-bond donors (Lipinski definition) is 2. The van der Waals surface area contributed by atoms with Crippen LogP contribution in [0.5, 0.6) is 11.5 Å². The monoisotopic (exact) mass is 324 g/mol. The molecule has 0 aliphatic carbocycles. The molecule has 0 atom stereocenters. The fourth-order valence-electron chi connectivity index (χ4n) is 1.85. The Hall–Kier alpha value is -2.11. The molecule has 7 heteroatoms. The zero-order valence-electron chi connectivity index (χ0n) is 10.7. The summed E-state index contributed by atoms with van der Waals surface area (Å²) in [5.41, 5.74) is 1.01. The molecule has 0 fully saturated rings. The lowest BCUT2D eigenvalue weighted by atomic mass is 10.3. The van der Waals surface area contributed by atoms with E-state index in [4.69, 9.17) is 32.7 Å². The second-order valence-electron chi connectivity index (χ2n) is 4.27. The van der Waals surface area contributed by atoms with Crippen molar-refractivity contribution in [3.8, 4) is 11.5 Å². The van der Waals surface area contributed by atoms with Crippen molar-refractivity contribution >= 4 is 40.6 Å². The van der Waals surface area contributed by atoms with E-state index in [9.17, 15) is 4.79 Å². The Kier molecular flexibility index (Phi) is 3.77. The molecule has 1 aliphatic rings. The predicted octanol–water partition coefficient (Wildman–Crippen LogP) is 4.37. The third-order valence-electron chi connectivity index (χ3n) is 2.81. The Labute approximate surface area is 130 Å². The van der Waals surface area contributed by atoms with Crippen molar-refractivity contribution in [2.24, 2.45) is 0 Å². The van der Waals surface area contributed by atoms with Gasteiger partial charge < -0.3 is 20.1 Å². The molecule has 3 rings (SSSR count). The molecule has 0 spiro atoms. The fraction of sp³-hybridized carbons (Fsp3) is 0.0714. The Bertz CT molecular complexity index is 707. The molecule has 0 saturated heterocycles. The third-order valence-corrected chi connectivity index (χ3v) is 3.37. The van der Waals surface area contributed by atoms with E-state index in [1.165, 1.54) is 0 Å². The van der Waals surface area contributed by atoms with Gasteiger partial charge in [0.05, 0.1) is 10.7 Å². The third kappa shape index (κ3) is 3.15. The second kappa shape index (κ2) is 5.71. The highest BCUT2D eigenvalue weighted by molar-refractivity contribution is 6.35. The molecule has 2 N–H and O–H groups in total. The van der Waals surface area contributed by atoms with Crippen LogP contribution in [0.2, 0.25) is 10.0 Å². The lowest BCUT2D eigenvalue weighted by Crippen LogP contribution is -2.19. The lowest BCUT2D eigenvalue weighted by molar-refractivity contribution is 0.174. The van der Waals surface area contributed by atoms with Crippen LogP contribution in [-0.4, -0.2) is 12.8 Å². The van der Waals surface area contributed by atoms with Crippen LogP contribution in [-0.2, 0) is 0 Å². The summed E-state index contributed by atoms with van der Waals surface area (Å²) in [7, 11) is 0. The molecule has 0 saturated carbocycles. The molecule has 1 aliphatic heterocycles. The first-order valence-electron chi connectivity index (χ1n) is 6.04. The molecule has 0 unspecified atom stereocenters. The molecule has 0 radical (unpaired) electrons. The quantitative estimate of drug-likeness (QED) is 0.862. The van der Waals surface area contributed by atoms with Gasteiger partial charge in [0.25, 0.3) is 0 Å². The molecule has 0 bridgehead atoms. The van der Waals surface area contributed by atoms with Crippen LogP contribution in [0.4, 0.5) is 16.2 Å². The highest BCUT2D eigenvalue weighted by atomic mass is 35.5. The first-order chi connectivity index (χ1) is 10.1. The van der Waals surface area contributed by atoms with E-state index in [0.717, 1.165) is 0 Å². The van der Waals surface area contributed by atoms with Crippen molar-refractivity contribution in [1.82, 2.24) is 0 Å². The number of anilines is 2. The van der Waals surface area contributed by atoms with Gasteiger partial charge in [0.2, 0.25) is 6.79 Å². The van der Waals surface area contributed by atoms with Crippen LogP contribution in [0.15, 0.2) is 36.4 Å². The van der Waals surface area contributed by atoms with Gasteiger partial charge >= 0.3 is 6.03 Å². The topological polar surface area (TPSA) is 59.6 Å². The van der Waals surface area contributed by atoms with Gasteiger partial charge in [0.15, 0.2) is 11.5 Å². The second-order valence-corrected chi connectivity index (χ2v) is 5.11. The van der Waals surface area contributed by atoms with Crippen LogP contribution in [0.1, 0.15) is 0 Å². The Morgan fingerprint density at radius 3 is 2.67 bits per heavy atom. The summed E-state index contributed by atoms with van der Waals surface area (Å²) >= 11 is 11.8. The first-order valence-corrected chi connectivity index (χ1v) is 6.80. The van der Waals surface area contributed by atoms with Crippen molar-refractivity contribution in [1.29, 1.82) is 0 Å². The van der Waals surface area contributed by atoms with E-state index in [0.29, 0.717) is 32.9 Å². The number of fused-ring (bicyclic) bond motifs is 1. The number of nitrogens with one attached hydrogen (secondary N) is 2. The zero-order valence-corrected chi connectivity index (χ0v) is 12.2. The summed E-state index contributed by atoms with van der Waals surface area (Å²) in [6, 6.07) is 9.52. The van der Waals surface area contributed by atoms with Crippen LogP contribution in [0, 0.1) is 0 Å². The van der Waals surface area contributed by atoms with Gasteiger partial charge in [-0.1, -0.05) is 23.2 Å². The normalized spacial score (nSPS) is 12.1. The number of carbonyl (C=O) groups excluding carboxylic acids is 1. The van der Waals surface area contributed by atoms with Gasteiger partial charge in [0, 0.05) is 16.8 Å². The number of benzene rings is 2. The van der Waals surface area contributed by atoms with E-state index >= 15 is 0 Å². The highest BCUT2D eigenvalue weighted by Crippen LogP contribution is 2.34. The van der Waals surface area contributed by atoms with Crippen LogP contribution in [0.25, 0.3) is 0 Å². The van der Waals surface area contributed by atoms with E-state index in [1.807, 2.05) is 0 Å². The SMILES string of the molecule is O=C(Nc1ccc2c(c1)OCO2)Nc1cc(Cl)ccc1Cl. The minimum atomic E-state index is -0.432. The fourth-order valence-corrected chi connectivity index (χ4v) is 2.19. The van der Waals surface area contributed by atoms with Crippen LogP contribution in [0.3, 0.4) is 0 Å². The minimum Gasteiger partial charge on any atom is -0.454 e. The van der Waals surface area contributed by atoms with Gasteiger partial charge in [-0.05, 0) is 30.3 Å². The molecule has 2 aromatic carbocycles. The van der Waals surface area contributed by atoms with E-state index in [2.05, 4.69) is 10.6 Å². The molecule has 21 heavy (non-hydrogen) atoms. The average Bonchev–Trinajstić information content (AvgIpc) is 2.90. The number of rotatable bonds is 2. The summed E-state index contributed by atoms with van der Waals surface area (Å²) in [4.78, 5) is 11.9. The molecular weight excluding hydrogens is 315 g/mol. The smallest absolute Gasteiger partial charge is 0.323 e. The maximum absolute atomic E-state index is 11.9. The maximum atomic E-state index is 11.9. The van der Waals surface area contributed by atoms with Crippen LogP contribution >= 0.6 is 23.2 Å².